The Morgan fingerprint density at radius 2 is 0.719 bits per heavy atom. The summed E-state index contributed by atoms with van der Waals surface area (Å²) in [7, 11) is -14.0. The number of hydrogen-bond donors (Lipinski definition) is 0. The summed E-state index contributed by atoms with van der Waals surface area (Å²) >= 11 is 0. The normalized spacial score (nSPS) is 14.7. The first-order chi connectivity index (χ1) is 25.1. The minimum absolute atomic E-state index is 1.25. The fourth-order valence-corrected chi connectivity index (χ4v) is 5.66. The molecule has 0 heterocycles. The Morgan fingerprint density at radius 3 is 0.930 bits per heavy atom. The van der Waals surface area contributed by atoms with E-state index < -0.39 is 106 Å². The van der Waals surface area contributed by atoms with E-state index in [2.05, 4.69) is 55.4 Å². The van der Waals surface area contributed by atoms with E-state index in [0.717, 1.165) is 0 Å². The van der Waals surface area contributed by atoms with Gasteiger partial charge >= 0.3 is 40.6 Å². The lowest BCUT2D eigenvalue weighted by Gasteiger charge is -2.34. The Morgan fingerprint density at radius 1 is 0.456 bits per heavy atom. The van der Waals surface area contributed by atoms with Crippen LogP contribution in [-0.2, 0) is 20.2 Å². The summed E-state index contributed by atoms with van der Waals surface area (Å²) in [6, 6.07) is 0. The second kappa shape index (κ2) is 23.5. The van der Waals surface area contributed by atoms with E-state index in [1.807, 2.05) is 0 Å². The zero-order valence-electron chi connectivity index (χ0n) is 32.6. The number of halogens is 17. The highest BCUT2D eigenvalue weighted by atomic mass is 32.2. The van der Waals surface area contributed by atoms with Crippen molar-refractivity contribution in [3.05, 3.63) is 0 Å². The first-order valence-electron chi connectivity index (χ1n) is 17.3. The fourth-order valence-electron chi connectivity index (χ4n) is 4.73. The lowest BCUT2D eigenvalue weighted by atomic mass is 10.0. The monoisotopic (exact) mass is 924 g/mol. The van der Waals surface area contributed by atoms with Crippen LogP contribution in [-0.4, -0.2) is 134 Å². The second-order valence-electron chi connectivity index (χ2n) is 12.5. The molecule has 0 aromatic carbocycles. The summed E-state index contributed by atoms with van der Waals surface area (Å²) in [5.41, 5.74) is 0. The van der Waals surface area contributed by atoms with Crippen molar-refractivity contribution in [1.29, 1.82) is 0 Å². The van der Waals surface area contributed by atoms with Crippen molar-refractivity contribution in [2.45, 2.75) is 141 Å². The number of quaternary nitrogens is 2. The van der Waals surface area contributed by atoms with Gasteiger partial charge in [0, 0.05) is 19.3 Å². The SMILES string of the molecule is CC[N+](CC)(CC)CC.CC[N+](CC)(CC)CC.O=S(=O)([O-])C(F)(F)C(F)(F)C(F)(F)CCCC(F)(F)F.O=S(=O)([O-])C(F)(F)C(F)(F)C(F)CCCC(F)(F)F. The van der Waals surface area contributed by atoms with Crippen LogP contribution >= 0.6 is 0 Å². The minimum Gasteiger partial charge on any atom is -0.743 e. The van der Waals surface area contributed by atoms with Crippen molar-refractivity contribution in [2.75, 3.05) is 52.4 Å². The number of hydrogen-bond acceptors (Lipinski definition) is 6. The highest BCUT2D eigenvalue weighted by Crippen LogP contribution is 2.50. The largest absolute Gasteiger partial charge is 0.743 e. The Bertz CT molecular complexity index is 1280. The Kier molecular flexibility index (Phi) is 25.7. The third-order valence-electron chi connectivity index (χ3n) is 9.47. The van der Waals surface area contributed by atoms with Crippen LogP contribution in [0.3, 0.4) is 0 Å². The zero-order valence-corrected chi connectivity index (χ0v) is 34.2. The average molecular weight is 925 g/mol. The molecule has 8 nitrogen and oxygen atoms in total. The molecule has 0 aliphatic heterocycles. The van der Waals surface area contributed by atoms with Crippen molar-refractivity contribution in [3.8, 4) is 0 Å². The van der Waals surface area contributed by atoms with Crippen LogP contribution in [0, 0.1) is 0 Å². The molecule has 57 heavy (non-hydrogen) atoms. The summed E-state index contributed by atoms with van der Waals surface area (Å²) in [6.45, 7) is 28.4. The van der Waals surface area contributed by atoms with Gasteiger partial charge in [-0.1, -0.05) is 0 Å². The molecule has 0 radical (unpaired) electrons. The van der Waals surface area contributed by atoms with E-state index in [1.165, 1.54) is 61.3 Å². The Balaban J connectivity index is -0.000000350. The summed E-state index contributed by atoms with van der Waals surface area (Å²) in [5.74, 6) is -18.3. The highest BCUT2D eigenvalue weighted by Gasteiger charge is 2.74. The molecule has 0 aromatic heterocycles. The zero-order chi connectivity index (χ0) is 47.0. The number of rotatable bonds is 20. The van der Waals surface area contributed by atoms with Gasteiger partial charge in [-0.15, -0.1) is 0 Å². The molecule has 0 rings (SSSR count). The molecule has 0 fully saturated rings. The summed E-state index contributed by atoms with van der Waals surface area (Å²) in [5, 5.41) is -12.9. The van der Waals surface area contributed by atoms with Crippen molar-refractivity contribution in [1.82, 2.24) is 0 Å². The van der Waals surface area contributed by atoms with Gasteiger partial charge < -0.3 is 18.1 Å². The first kappa shape index (κ1) is 62.2. The third-order valence-corrected chi connectivity index (χ3v) is 11.3. The van der Waals surface area contributed by atoms with Crippen molar-refractivity contribution in [3.63, 3.8) is 0 Å². The minimum atomic E-state index is -7.13. The van der Waals surface area contributed by atoms with E-state index in [1.54, 1.807) is 0 Å². The predicted molar refractivity (Wildman–Crippen MR) is 174 cm³/mol. The highest BCUT2D eigenvalue weighted by molar-refractivity contribution is 7.87. The molecule has 0 saturated heterocycles. The van der Waals surface area contributed by atoms with Gasteiger partial charge in [-0.25, -0.2) is 21.2 Å². The van der Waals surface area contributed by atoms with Gasteiger partial charge in [0.2, 0.25) is 0 Å². The smallest absolute Gasteiger partial charge is 0.402 e. The summed E-state index contributed by atoms with van der Waals surface area (Å²) < 4.78 is 271. The van der Waals surface area contributed by atoms with Crippen LogP contribution in [0.25, 0.3) is 0 Å². The maximum atomic E-state index is 12.8. The van der Waals surface area contributed by atoms with Gasteiger partial charge in [-0.05, 0) is 74.7 Å². The van der Waals surface area contributed by atoms with Crippen LogP contribution in [0.15, 0.2) is 0 Å². The number of alkyl halides is 17. The predicted octanol–water partition coefficient (Wildman–Crippen LogP) is 9.72. The van der Waals surface area contributed by atoms with Gasteiger partial charge in [-0.2, -0.15) is 70.2 Å². The molecule has 350 valence electrons. The maximum absolute atomic E-state index is 12.8. The van der Waals surface area contributed by atoms with Crippen molar-refractivity contribution < 1.29 is 110 Å². The molecule has 0 bridgehead atoms. The Labute approximate surface area is 322 Å². The molecule has 0 N–H and O–H groups in total. The molecule has 0 spiro atoms. The fraction of sp³-hybridized carbons (Fsp3) is 1.00. The van der Waals surface area contributed by atoms with Crippen molar-refractivity contribution >= 4 is 20.2 Å². The summed E-state index contributed by atoms with van der Waals surface area (Å²) in [6.07, 6.45) is -24.3. The molecular formula is C30H53F17N2O6S2. The molecule has 0 aliphatic carbocycles. The second-order valence-corrected chi connectivity index (χ2v) is 15.3. The van der Waals surface area contributed by atoms with Gasteiger partial charge in [0.1, 0.15) is 0 Å². The van der Waals surface area contributed by atoms with Gasteiger partial charge in [-0.3, -0.25) is 0 Å². The van der Waals surface area contributed by atoms with E-state index in [4.69, 9.17) is 0 Å². The summed E-state index contributed by atoms with van der Waals surface area (Å²) in [4.78, 5) is 0. The standard InChI is InChI=1S/2C8H20N.C7H7F9O3S.C7H8F8O3S/c2*1-5-9(6-2,7-3)8-4;8-4(9,2-1-3-5(10,11)12)6(13,14)7(15,16)20(17,18)19;8-4(2-1-3-5(9,10)11)6(12,13)7(14,15)19(16,17)18/h2*5-8H2,1-4H3;1-3H2,(H,17,18,19);4H,1-3H2,(H,16,17,18)/q2*+1;;/p-2. The van der Waals surface area contributed by atoms with E-state index in [9.17, 15) is 101 Å². The van der Waals surface area contributed by atoms with Crippen molar-refractivity contribution in [2.24, 2.45) is 0 Å². The third kappa shape index (κ3) is 19.2. The van der Waals surface area contributed by atoms with Crippen LogP contribution in [0.4, 0.5) is 74.6 Å². The molecular weight excluding hydrogens is 871 g/mol. The van der Waals surface area contributed by atoms with E-state index in [-0.39, 0.29) is 0 Å². The molecule has 0 aromatic rings. The Hall–Kier alpha value is -1.45. The molecule has 1 atom stereocenters. The van der Waals surface area contributed by atoms with Gasteiger partial charge in [0.25, 0.3) is 0 Å². The van der Waals surface area contributed by atoms with Crippen LogP contribution in [0.5, 0.6) is 0 Å². The molecule has 0 aliphatic rings. The number of nitrogens with zero attached hydrogens (tertiary/aromatic N) is 2. The van der Waals surface area contributed by atoms with E-state index >= 15 is 0 Å². The molecule has 27 heteroatoms. The van der Waals surface area contributed by atoms with E-state index in [0.29, 0.717) is 0 Å². The lowest BCUT2D eigenvalue weighted by Crippen LogP contribution is -2.57. The molecule has 0 amide bonds. The van der Waals surface area contributed by atoms with Gasteiger partial charge in [0.15, 0.2) is 26.4 Å². The topological polar surface area (TPSA) is 114 Å². The molecule has 1 unspecified atom stereocenters. The van der Waals surface area contributed by atoms with Crippen LogP contribution < -0.4 is 0 Å². The van der Waals surface area contributed by atoms with Crippen LogP contribution in [0.1, 0.15) is 93.9 Å². The quantitative estimate of drug-likeness (QED) is 0.0683. The van der Waals surface area contributed by atoms with Crippen LogP contribution in [0.2, 0.25) is 0 Å². The lowest BCUT2D eigenvalue weighted by molar-refractivity contribution is -0.921. The first-order valence-corrected chi connectivity index (χ1v) is 20.2. The van der Waals surface area contributed by atoms with Gasteiger partial charge in [0.05, 0.1) is 52.4 Å². The maximum Gasteiger partial charge on any atom is 0.402 e. The average Bonchev–Trinajstić information content (AvgIpc) is 3.05. The molecule has 0 saturated carbocycles.